The molecule has 2 N–H and O–H groups in total. The first-order valence-electron chi connectivity index (χ1n) is 7.56. The molecule has 0 unspecified atom stereocenters. The zero-order valence-electron chi connectivity index (χ0n) is 13.4. The number of amides is 2. The number of carbonyl (C=O) groups excluding carboxylic acids is 2. The van der Waals surface area contributed by atoms with Gasteiger partial charge in [-0.1, -0.05) is 12.1 Å². The summed E-state index contributed by atoms with van der Waals surface area (Å²) in [6.07, 6.45) is 1.42. The highest BCUT2D eigenvalue weighted by atomic mass is 19.1. The Bertz CT molecular complexity index is 920. The van der Waals surface area contributed by atoms with Crippen molar-refractivity contribution in [2.24, 2.45) is 0 Å². The van der Waals surface area contributed by atoms with Crippen LogP contribution in [-0.4, -0.2) is 11.8 Å². The highest BCUT2D eigenvalue weighted by Gasteiger charge is 2.13. The lowest BCUT2D eigenvalue weighted by atomic mass is 10.1. The van der Waals surface area contributed by atoms with Crippen molar-refractivity contribution in [1.82, 2.24) is 0 Å². The monoisotopic (exact) mass is 338 g/mol. The van der Waals surface area contributed by atoms with Crippen LogP contribution in [0.5, 0.6) is 0 Å². The van der Waals surface area contributed by atoms with Gasteiger partial charge in [-0.25, -0.2) is 4.39 Å². The van der Waals surface area contributed by atoms with E-state index < -0.39 is 11.7 Å². The zero-order chi connectivity index (χ0) is 17.8. The Morgan fingerprint density at radius 2 is 1.76 bits per heavy atom. The number of hydrogen-bond donors (Lipinski definition) is 2. The van der Waals surface area contributed by atoms with Crippen molar-refractivity contribution in [2.75, 3.05) is 10.6 Å². The standard InChI is InChI=1S/C19H15FN2O3/c1-12-11-13(21-18(23)14-5-2-3-6-15(14)20)8-9-16(12)22-19(24)17-7-4-10-25-17/h2-11H,1H3,(H,21,23)(H,22,24). The van der Waals surface area contributed by atoms with Gasteiger partial charge >= 0.3 is 0 Å². The van der Waals surface area contributed by atoms with Crippen LogP contribution in [0, 0.1) is 12.7 Å². The van der Waals surface area contributed by atoms with E-state index in [1.165, 1.54) is 24.5 Å². The maximum Gasteiger partial charge on any atom is 0.291 e. The quantitative estimate of drug-likeness (QED) is 0.748. The lowest BCUT2D eigenvalue weighted by molar-refractivity contribution is 0.0994. The van der Waals surface area contributed by atoms with E-state index >= 15 is 0 Å². The van der Waals surface area contributed by atoms with Gasteiger partial charge in [0.15, 0.2) is 5.76 Å². The van der Waals surface area contributed by atoms with Crippen molar-refractivity contribution in [3.05, 3.63) is 83.6 Å². The largest absolute Gasteiger partial charge is 0.459 e. The topological polar surface area (TPSA) is 71.3 Å². The lowest BCUT2D eigenvalue weighted by Crippen LogP contribution is -2.14. The van der Waals surface area contributed by atoms with E-state index in [0.29, 0.717) is 11.4 Å². The minimum Gasteiger partial charge on any atom is -0.459 e. The molecular formula is C19H15FN2O3. The zero-order valence-corrected chi connectivity index (χ0v) is 13.4. The lowest BCUT2D eigenvalue weighted by Gasteiger charge is -2.11. The predicted molar refractivity (Wildman–Crippen MR) is 92.2 cm³/mol. The molecular weight excluding hydrogens is 323 g/mol. The molecule has 0 saturated heterocycles. The van der Waals surface area contributed by atoms with Crippen LogP contribution in [-0.2, 0) is 0 Å². The molecule has 3 rings (SSSR count). The highest BCUT2D eigenvalue weighted by molar-refractivity contribution is 6.05. The first-order chi connectivity index (χ1) is 12.0. The minimum absolute atomic E-state index is 0.0321. The Morgan fingerprint density at radius 1 is 0.960 bits per heavy atom. The Morgan fingerprint density at radius 3 is 2.44 bits per heavy atom. The average Bonchev–Trinajstić information content (AvgIpc) is 3.12. The van der Waals surface area contributed by atoms with Crippen LogP contribution < -0.4 is 10.6 Å². The van der Waals surface area contributed by atoms with E-state index in [4.69, 9.17) is 4.42 Å². The molecule has 0 aliphatic carbocycles. The van der Waals surface area contributed by atoms with Gasteiger partial charge in [0.1, 0.15) is 5.82 Å². The molecule has 0 atom stereocenters. The number of nitrogens with one attached hydrogen (secondary N) is 2. The molecule has 2 aromatic carbocycles. The second-order valence-electron chi connectivity index (χ2n) is 5.40. The Balaban J connectivity index is 1.73. The fourth-order valence-electron chi connectivity index (χ4n) is 2.32. The fraction of sp³-hybridized carbons (Fsp3) is 0.0526. The highest BCUT2D eigenvalue weighted by Crippen LogP contribution is 2.21. The van der Waals surface area contributed by atoms with Crippen molar-refractivity contribution in [3.8, 4) is 0 Å². The Labute approximate surface area is 143 Å². The fourth-order valence-corrected chi connectivity index (χ4v) is 2.32. The third-order valence-electron chi connectivity index (χ3n) is 3.60. The number of aryl methyl sites for hydroxylation is 1. The number of halogens is 1. The van der Waals surface area contributed by atoms with Crippen molar-refractivity contribution >= 4 is 23.2 Å². The van der Waals surface area contributed by atoms with Crippen LogP contribution in [0.15, 0.2) is 65.3 Å². The molecule has 0 spiro atoms. The molecule has 6 heteroatoms. The molecule has 2 amide bonds. The molecule has 0 radical (unpaired) electrons. The molecule has 25 heavy (non-hydrogen) atoms. The van der Waals surface area contributed by atoms with Crippen molar-refractivity contribution < 1.29 is 18.4 Å². The number of hydrogen-bond acceptors (Lipinski definition) is 3. The summed E-state index contributed by atoms with van der Waals surface area (Å²) in [6, 6.07) is 13.9. The maximum atomic E-state index is 13.6. The van der Waals surface area contributed by atoms with E-state index in [0.717, 1.165) is 5.56 Å². The molecule has 0 bridgehead atoms. The first kappa shape index (κ1) is 16.4. The van der Waals surface area contributed by atoms with Gasteiger partial charge in [-0.05, 0) is 55.0 Å². The second-order valence-corrected chi connectivity index (χ2v) is 5.40. The van der Waals surface area contributed by atoms with E-state index in [2.05, 4.69) is 10.6 Å². The van der Waals surface area contributed by atoms with Gasteiger partial charge in [0, 0.05) is 11.4 Å². The molecule has 0 fully saturated rings. The van der Waals surface area contributed by atoms with E-state index in [1.54, 1.807) is 43.3 Å². The van der Waals surface area contributed by atoms with Crippen LogP contribution in [0.3, 0.4) is 0 Å². The minimum atomic E-state index is -0.584. The summed E-state index contributed by atoms with van der Waals surface area (Å²) in [6.45, 7) is 1.79. The second kappa shape index (κ2) is 7.00. The van der Waals surface area contributed by atoms with Gasteiger partial charge in [0.2, 0.25) is 0 Å². The van der Waals surface area contributed by atoms with E-state index in [1.807, 2.05) is 0 Å². The van der Waals surface area contributed by atoms with E-state index in [-0.39, 0.29) is 17.2 Å². The molecule has 5 nitrogen and oxygen atoms in total. The normalized spacial score (nSPS) is 10.3. The van der Waals surface area contributed by atoms with Gasteiger partial charge in [-0.15, -0.1) is 0 Å². The SMILES string of the molecule is Cc1cc(NC(=O)c2ccccc2F)ccc1NC(=O)c1ccco1. The average molecular weight is 338 g/mol. The molecule has 0 aliphatic rings. The van der Waals surface area contributed by atoms with Gasteiger partial charge in [-0.3, -0.25) is 9.59 Å². The van der Waals surface area contributed by atoms with Crippen LogP contribution in [0.1, 0.15) is 26.5 Å². The van der Waals surface area contributed by atoms with Crippen LogP contribution in [0.2, 0.25) is 0 Å². The molecule has 3 aromatic rings. The summed E-state index contributed by atoms with van der Waals surface area (Å²) in [5.74, 6) is -1.28. The summed E-state index contributed by atoms with van der Waals surface area (Å²) in [5.41, 5.74) is 1.80. The maximum absolute atomic E-state index is 13.6. The summed E-state index contributed by atoms with van der Waals surface area (Å²) in [7, 11) is 0. The van der Waals surface area contributed by atoms with Gasteiger partial charge in [0.25, 0.3) is 11.8 Å². The number of furan rings is 1. The van der Waals surface area contributed by atoms with Crippen molar-refractivity contribution in [2.45, 2.75) is 6.92 Å². The summed E-state index contributed by atoms with van der Waals surface area (Å²) in [4.78, 5) is 24.1. The molecule has 1 aromatic heterocycles. The Hall–Kier alpha value is -3.41. The van der Waals surface area contributed by atoms with Gasteiger partial charge in [0.05, 0.1) is 11.8 Å². The van der Waals surface area contributed by atoms with Crippen LogP contribution in [0.4, 0.5) is 15.8 Å². The van der Waals surface area contributed by atoms with Crippen molar-refractivity contribution in [3.63, 3.8) is 0 Å². The molecule has 1 heterocycles. The predicted octanol–water partition coefficient (Wildman–Crippen LogP) is 4.23. The molecule has 0 saturated carbocycles. The van der Waals surface area contributed by atoms with Gasteiger partial charge in [-0.2, -0.15) is 0 Å². The third-order valence-corrected chi connectivity index (χ3v) is 3.60. The van der Waals surface area contributed by atoms with Crippen LogP contribution >= 0.6 is 0 Å². The van der Waals surface area contributed by atoms with E-state index in [9.17, 15) is 14.0 Å². The number of carbonyl (C=O) groups is 2. The summed E-state index contributed by atoms with van der Waals surface area (Å²) < 4.78 is 18.7. The van der Waals surface area contributed by atoms with Crippen LogP contribution in [0.25, 0.3) is 0 Å². The third kappa shape index (κ3) is 3.74. The van der Waals surface area contributed by atoms with Gasteiger partial charge < -0.3 is 15.1 Å². The smallest absolute Gasteiger partial charge is 0.291 e. The molecule has 0 aliphatic heterocycles. The van der Waals surface area contributed by atoms with Crippen molar-refractivity contribution in [1.29, 1.82) is 0 Å². The summed E-state index contributed by atoms with van der Waals surface area (Å²) in [5, 5.41) is 5.37. The number of anilines is 2. The first-order valence-corrected chi connectivity index (χ1v) is 7.56. The molecule has 126 valence electrons. The number of rotatable bonds is 4. The number of benzene rings is 2. The summed E-state index contributed by atoms with van der Waals surface area (Å²) >= 11 is 0. The Kier molecular flexibility index (Phi) is 4.61.